The maximum Gasteiger partial charge on any atom is 0.267 e. The Balaban J connectivity index is 2.25. The number of amidine groups is 1. The third-order valence-corrected chi connectivity index (χ3v) is 5.32. The fraction of sp³-hybridized carbons (Fsp3) is 0.0909. The molecule has 0 amide bonds. The molecule has 0 atom stereocenters. The van der Waals surface area contributed by atoms with Gasteiger partial charge in [-0.1, -0.05) is 35.3 Å². The highest BCUT2D eigenvalue weighted by Gasteiger charge is 2.18. The van der Waals surface area contributed by atoms with Crippen LogP contribution in [0, 0.1) is 11.3 Å². The van der Waals surface area contributed by atoms with Crippen LogP contribution in [0.25, 0.3) is 16.6 Å². The van der Waals surface area contributed by atoms with Crippen LogP contribution < -0.4 is 22.3 Å². The summed E-state index contributed by atoms with van der Waals surface area (Å²) in [6, 6.07) is 11.3. The summed E-state index contributed by atoms with van der Waals surface area (Å²) >= 11 is 12.6. The van der Waals surface area contributed by atoms with Crippen molar-refractivity contribution in [3.8, 4) is 11.8 Å². The number of nitrogens with two attached hydrogens (primary N) is 2. The van der Waals surface area contributed by atoms with Crippen LogP contribution in [0.5, 0.6) is 0 Å². The number of carbonyl (C=O) groups is 1. The monoisotopic (exact) mass is 496 g/mol. The SMILES string of the molecule is C=N/C(NCc1nc2c(Cl)ccc(Cl)c2c(=O)n1-c1cccc(C=O)c1)=C(C#N)\C(N)=N/CN. The lowest BCUT2D eigenvalue weighted by Crippen LogP contribution is -2.29. The van der Waals surface area contributed by atoms with Crippen LogP contribution in [-0.4, -0.2) is 35.1 Å². The van der Waals surface area contributed by atoms with Gasteiger partial charge in [-0.05, 0) is 31.0 Å². The van der Waals surface area contributed by atoms with E-state index in [1.165, 1.54) is 22.8 Å². The number of nitrogens with zero attached hydrogens (tertiary/aromatic N) is 5. The molecule has 10 nitrogen and oxygen atoms in total. The Labute approximate surface area is 203 Å². The summed E-state index contributed by atoms with van der Waals surface area (Å²) in [5.74, 6) is 0.0756. The number of rotatable bonds is 8. The van der Waals surface area contributed by atoms with Crippen molar-refractivity contribution >= 4 is 52.9 Å². The molecule has 34 heavy (non-hydrogen) atoms. The van der Waals surface area contributed by atoms with Crippen molar-refractivity contribution in [1.29, 1.82) is 5.26 Å². The lowest BCUT2D eigenvalue weighted by atomic mass is 10.2. The van der Waals surface area contributed by atoms with Crippen LogP contribution in [0.2, 0.25) is 10.0 Å². The Morgan fingerprint density at radius 1 is 1.29 bits per heavy atom. The Bertz CT molecular complexity index is 1450. The van der Waals surface area contributed by atoms with Gasteiger partial charge in [0.25, 0.3) is 5.56 Å². The normalized spacial score (nSPS) is 12.1. The molecule has 1 aromatic heterocycles. The average molecular weight is 497 g/mol. The quantitative estimate of drug-likeness (QED) is 0.186. The molecule has 0 radical (unpaired) electrons. The molecule has 0 aliphatic rings. The predicted octanol–water partition coefficient (Wildman–Crippen LogP) is 2.30. The van der Waals surface area contributed by atoms with Crippen LogP contribution in [0.3, 0.4) is 0 Å². The molecular weight excluding hydrogens is 479 g/mol. The van der Waals surface area contributed by atoms with Gasteiger partial charge in [0.15, 0.2) is 0 Å². The van der Waals surface area contributed by atoms with Gasteiger partial charge in [0.2, 0.25) is 0 Å². The fourth-order valence-corrected chi connectivity index (χ4v) is 3.61. The molecule has 0 aliphatic heterocycles. The number of aromatic nitrogens is 2. The van der Waals surface area contributed by atoms with E-state index >= 15 is 0 Å². The van der Waals surface area contributed by atoms with Gasteiger partial charge in [0, 0.05) is 5.56 Å². The van der Waals surface area contributed by atoms with E-state index in [2.05, 4.69) is 27.0 Å². The van der Waals surface area contributed by atoms with Gasteiger partial charge in [-0.25, -0.2) is 9.98 Å². The average Bonchev–Trinajstić information content (AvgIpc) is 2.84. The van der Waals surface area contributed by atoms with E-state index in [1.54, 1.807) is 18.2 Å². The highest BCUT2D eigenvalue weighted by atomic mass is 35.5. The minimum atomic E-state index is -0.501. The zero-order chi connectivity index (χ0) is 24.8. The summed E-state index contributed by atoms with van der Waals surface area (Å²) in [7, 11) is 0. The maximum atomic E-state index is 13.5. The van der Waals surface area contributed by atoms with Gasteiger partial charge < -0.3 is 16.8 Å². The Kier molecular flexibility index (Phi) is 7.75. The Hall–Kier alpha value is -4.04. The van der Waals surface area contributed by atoms with E-state index in [0.717, 1.165) is 0 Å². The van der Waals surface area contributed by atoms with Crippen molar-refractivity contribution in [3.63, 3.8) is 0 Å². The number of aliphatic imine (C=N–C) groups is 2. The predicted molar refractivity (Wildman–Crippen MR) is 132 cm³/mol. The molecular formula is C22H18Cl2N8O2. The standard InChI is InChI=1S/C22H18Cl2N8O2/c1-28-21(14(8-25)20(27)30-11-26)29-9-17-31-19-16(24)6-5-15(23)18(19)22(34)32(17)13-4-2-3-12(7-13)10-33/h2-7,10,29H,1,9,11,26H2,(H2,27,30)/b21-14+. The smallest absolute Gasteiger partial charge is 0.267 e. The summed E-state index contributed by atoms with van der Waals surface area (Å²) in [6.07, 6.45) is 0.659. The first-order valence-electron chi connectivity index (χ1n) is 9.66. The summed E-state index contributed by atoms with van der Waals surface area (Å²) in [5.41, 5.74) is 11.5. The molecule has 0 fully saturated rings. The third kappa shape index (κ3) is 4.82. The second kappa shape index (κ2) is 10.7. The first-order chi connectivity index (χ1) is 16.4. The highest BCUT2D eigenvalue weighted by Crippen LogP contribution is 2.27. The van der Waals surface area contributed by atoms with Gasteiger partial charge in [0.05, 0.1) is 39.8 Å². The largest absolute Gasteiger partial charge is 0.383 e. The van der Waals surface area contributed by atoms with Gasteiger partial charge >= 0.3 is 0 Å². The first kappa shape index (κ1) is 24.6. The summed E-state index contributed by atoms with van der Waals surface area (Å²) in [4.78, 5) is 37.0. The number of aldehydes is 1. The summed E-state index contributed by atoms with van der Waals surface area (Å²) in [5, 5.41) is 12.9. The highest BCUT2D eigenvalue weighted by molar-refractivity contribution is 6.39. The van der Waals surface area contributed by atoms with E-state index in [4.69, 9.17) is 34.7 Å². The fourth-order valence-electron chi connectivity index (χ4n) is 3.18. The number of carbonyl (C=O) groups excluding carboxylic acids is 1. The van der Waals surface area contributed by atoms with Crippen LogP contribution in [-0.2, 0) is 6.54 Å². The van der Waals surface area contributed by atoms with Gasteiger partial charge in [-0.3, -0.25) is 19.1 Å². The number of hydrogen-bond donors (Lipinski definition) is 3. The Morgan fingerprint density at radius 3 is 2.68 bits per heavy atom. The van der Waals surface area contributed by atoms with Crippen molar-refractivity contribution in [2.75, 3.05) is 6.67 Å². The minimum absolute atomic E-state index is 0.0110. The van der Waals surface area contributed by atoms with Crippen molar-refractivity contribution in [2.45, 2.75) is 6.54 Å². The third-order valence-electron chi connectivity index (χ3n) is 4.70. The molecule has 2 aromatic carbocycles. The van der Waals surface area contributed by atoms with E-state index in [-0.39, 0.29) is 57.2 Å². The van der Waals surface area contributed by atoms with Crippen LogP contribution in [0.4, 0.5) is 0 Å². The molecule has 5 N–H and O–H groups in total. The second-order valence-corrected chi connectivity index (χ2v) is 7.52. The number of hydrogen-bond acceptors (Lipinski definition) is 8. The van der Waals surface area contributed by atoms with E-state index in [0.29, 0.717) is 17.5 Å². The van der Waals surface area contributed by atoms with Crippen LogP contribution in [0.1, 0.15) is 16.2 Å². The second-order valence-electron chi connectivity index (χ2n) is 6.71. The molecule has 0 bridgehead atoms. The molecule has 0 aliphatic carbocycles. The maximum absolute atomic E-state index is 13.5. The van der Waals surface area contributed by atoms with Crippen LogP contribution in [0.15, 0.2) is 62.6 Å². The van der Waals surface area contributed by atoms with Gasteiger partial charge in [-0.2, -0.15) is 5.26 Å². The van der Waals surface area contributed by atoms with Crippen molar-refractivity contribution in [3.05, 3.63) is 79.6 Å². The molecule has 0 saturated carbocycles. The number of benzene rings is 2. The summed E-state index contributed by atoms with van der Waals surface area (Å²) < 4.78 is 1.29. The number of nitriles is 1. The van der Waals surface area contributed by atoms with Gasteiger partial charge in [-0.15, -0.1) is 0 Å². The van der Waals surface area contributed by atoms with Crippen LogP contribution >= 0.6 is 23.2 Å². The first-order valence-corrected chi connectivity index (χ1v) is 10.4. The molecule has 172 valence electrons. The number of halogens is 2. The lowest BCUT2D eigenvalue weighted by molar-refractivity contribution is 0.112. The molecule has 0 saturated heterocycles. The molecule has 1 heterocycles. The topological polar surface area (TPSA) is 165 Å². The van der Waals surface area contributed by atoms with E-state index < -0.39 is 5.56 Å². The molecule has 3 rings (SSSR count). The number of fused-ring (bicyclic) bond motifs is 1. The number of nitrogens with one attached hydrogen (secondary N) is 1. The summed E-state index contributed by atoms with van der Waals surface area (Å²) in [6.45, 7) is 3.22. The molecule has 0 unspecified atom stereocenters. The van der Waals surface area contributed by atoms with E-state index in [9.17, 15) is 14.9 Å². The zero-order valence-electron chi connectivity index (χ0n) is 17.6. The zero-order valence-corrected chi connectivity index (χ0v) is 19.1. The van der Waals surface area contributed by atoms with Crippen molar-refractivity contribution < 1.29 is 4.79 Å². The minimum Gasteiger partial charge on any atom is -0.383 e. The van der Waals surface area contributed by atoms with Gasteiger partial charge in [0.1, 0.15) is 35.4 Å². The van der Waals surface area contributed by atoms with Crippen molar-refractivity contribution in [1.82, 2.24) is 14.9 Å². The molecule has 12 heteroatoms. The Morgan fingerprint density at radius 2 is 2.03 bits per heavy atom. The molecule has 0 spiro atoms. The lowest BCUT2D eigenvalue weighted by Gasteiger charge is -2.16. The van der Waals surface area contributed by atoms with E-state index in [1.807, 2.05) is 6.07 Å². The van der Waals surface area contributed by atoms with Crippen molar-refractivity contribution in [2.24, 2.45) is 21.5 Å². The molecule has 3 aromatic rings.